The van der Waals surface area contributed by atoms with Gasteiger partial charge in [-0.3, -0.25) is 9.20 Å². The van der Waals surface area contributed by atoms with Crippen molar-refractivity contribution in [3.63, 3.8) is 0 Å². The van der Waals surface area contributed by atoms with Gasteiger partial charge < -0.3 is 10.1 Å². The van der Waals surface area contributed by atoms with E-state index in [2.05, 4.69) is 15.5 Å². The van der Waals surface area contributed by atoms with Crippen molar-refractivity contribution in [2.45, 2.75) is 12.5 Å². The first kappa shape index (κ1) is 17.3. The number of carbonyl (C=O) groups excluding carboxylic acids is 1. The van der Waals surface area contributed by atoms with Crippen LogP contribution in [0.5, 0.6) is 5.75 Å². The first-order valence-corrected chi connectivity index (χ1v) is 9.36. The molecule has 0 aliphatic rings. The summed E-state index contributed by atoms with van der Waals surface area (Å²) in [6.45, 7) is 0. The number of benzene rings is 1. The van der Waals surface area contributed by atoms with Crippen molar-refractivity contribution < 1.29 is 9.53 Å². The van der Waals surface area contributed by atoms with E-state index >= 15 is 0 Å². The fraction of sp³-hybridized carbons (Fsp3) is 0.278. The van der Waals surface area contributed by atoms with Gasteiger partial charge in [0.1, 0.15) is 5.75 Å². The van der Waals surface area contributed by atoms with Crippen molar-refractivity contribution in [2.75, 3.05) is 19.1 Å². The Morgan fingerprint density at radius 2 is 2.04 bits per heavy atom. The van der Waals surface area contributed by atoms with Gasteiger partial charge in [0.05, 0.1) is 18.7 Å². The number of ether oxygens (including phenoxy) is 1. The van der Waals surface area contributed by atoms with Crippen LogP contribution in [0.1, 0.15) is 28.6 Å². The quantitative estimate of drug-likeness (QED) is 0.705. The maximum Gasteiger partial charge on any atom is 0.255 e. The number of nitrogens with one attached hydrogen (secondary N) is 1. The van der Waals surface area contributed by atoms with Crippen LogP contribution in [0.4, 0.5) is 0 Å². The summed E-state index contributed by atoms with van der Waals surface area (Å²) in [5, 5.41) is 11.6. The zero-order valence-corrected chi connectivity index (χ0v) is 15.0. The van der Waals surface area contributed by atoms with Crippen LogP contribution < -0.4 is 10.1 Å². The zero-order valence-electron chi connectivity index (χ0n) is 14.2. The standard InChI is InChI=1S/C18H20N4O2S/c1-24-15-8-4-3-7-13(15)18(23)19-14(10-12-25-2)17-21-20-16-9-5-6-11-22(16)17/h3-9,11,14H,10,12H2,1-2H3,(H,19,23)/t14-/m0/s1. The van der Waals surface area contributed by atoms with Crippen LogP contribution in [0, 0.1) is 0 Å². The number of para-hydroxylation sites is 1. The molecular formula is C18H20N4O2S. The van der Waals surface area contributed by atoms with Gasteiger partial charge in [0.2, 0.25) is 0 Å². The SMILES string of the molecule is COc1ccccc1C(=O)N[C@@H](CCSC)c1nnc2ccccn12. The summed E-state index contributed by atoms with van der Waals surface area (Å²) >= 11 is 1.73. The second-order valence-electron chi connectivity index (χ2n) is 5.49. The van der Waals surface area contributed by atoms with Gasteiger partial charge in [-0.05, 0) is 42.7 Å². The van der Waals surface area contributed by atoms with Crippen molar-refractivity contribution in [2.24, 2.45) is 0 Å². The summed E-state index contributed by atoms with van der Waals surface area (Å²) in [5.41, 5.74) is 1.27. The van der Waals surface area contributed by atoms with Gasteiger partial charge in [-0.15, -0.1) is 10.2 Å². The average molecular weight is 356 g/mol. The summed E-state index contributed by atoms with van der Waals surface area (Å²) in [4.78, 5) is 12.8. The molecule has 7 heteroatoms. The lowest BCUT2D eigenvalue weighted by Gasteiger charge is -2.18. The summed E-state index contributed by atoms with van der Waals surface area (Å²) < 4.78 is 7.20. The highest BCUT2D eigenvalue weighted by Crippen LogP contribution is 2.22. The molecule has 0 aliphatic carbocycles. The Morgan fingerprint density at radius 1 is 1.24 bits per heavy atom. The molecule has 0 aliphatic heterocycles. The van der Waals surface area contributed by atoms with E-state index in [9.17, 15) is 4.79 Å². The van der Waals surface area contributed by atoms with E-state index in [1.54, 1.807) is 31.0 Å². The first-order chi connectivity index (χ1) is 12.2. The number of fused-ring (bicyclic) bond motifs is 1. The summed E-state index contributed by atoms with van der Waals surface area (Å²) in [6.07, 6.45) is 4.71. The summed E-state index contributed by atoms with van der Waals surface area (Å²) in [5.74, 6) is 2.00. The number of methoxy groups -OCH3 is 1. The van der Waals surface area contributed by atoms with E-state index in [1.165, 1.54) is 0 Å². The molecule has 0 saturated carbocycles. The Morgan fingerprint density at radius 3 is 2.84 bits per heavy atom. The van der Waals surface area contributed by atoms with Crippen molar-refractivity contribution in [3.8, 4) is 5.75 Å². The third kappa shape index (κ3) is 3.76. The van der Waals surface area contributed by atoms with Crippen LogP contribution >= 0.6 is 11.8 Å². The van der Waals surface area contributed by atoms with Crippen LogP contribution in [0.15, 0.2) is 48.7 Å². The van der Waals surface area contributed by atoms with Crippen molar-refractivity contribution in [1.82, 2.24) is 19.9 Å². The Balaban J connectivity index is 1.90. The number of carbonyl (C=O) groups is 1. The van der Waals surface area contributed by atoms with Gasteiger partial charge in [-0.25, -0.2) is 0 Å². The molecule has 3 rings (SSSR count). The summed E-state index contributed by atoms with van der Waals surface area (Å²) in [6, 6.07) is 12.7. The zero-order chi connectivity index (χ0) is 17.6. The number of pyridine rings is 1. The van der Waals surface area contributed by atoms with Crippen LogP contribution in [0.25, 0.3) is 5.65 Å². The normalized spacial score (nSPS) is 12.1. The van der Waals surface area contributed by atoms with Gasteiger partial charge in [0, 0.05) is 6.20 Å². The number of thioether (sulfide) groups is 1. The third-order valence-electron chi connectivity index (χ3n) is 3.92. The molecule has 1 amide bonds. The van der Waals surface area contributed by atoms with E-state index in [-0.39, 0.29) is 11.9 Å². The molecule has 2 heterocycles. The Hall–Kier alpha value is -2.54. The van der Waals surface area contributed by atoms with Crippen molar-refractivity contribution >= 4 is 23.3 Å². The van der Waals surface area contributed by atoms with Crippen LogP contribution in [0.2, 0.25) is 0 Å². The largest absolute Gasteiger partial charge is 0.496 e. The second kappa shape index (κ2) is 8.02. The molecule has 0 bridgehead atoms. The van der Waals surface area contributed by atoms with Crippen LogP contribution in [-0.4, -0.2) is 39.6 Å². The van der Waals surface area contributed by atoms with Crippen molar-refractivity contribution in [3.05, 3.63) is 60.0 Å². The van der Waals surface area contributed by atoms with Gasteiger partial charge in [-0.1, -0.05) is 18.2 Å². The maximum atomic E-state index is 12.8. The Kier molecular flexibility index (Phi) is 5.55. The minimum absolute atomic E-state index is 0.184. The highest BCUT2D eigenvalue weighted by atomic mass is 32.2. The lowest BCUT2D eigenvalue weighted by molar-refractivity contribution is 0.0930. The van der Waals surface area contributed by atoms with E-state index in [1.807, 2.05) is 47.2 Å². The van der Waals surface area contributed by atoms with E-state index in [0.29, 0.717) is 11.3 Å². The predicted octanol–water partition coefficient (Wildman–Crippen LogP) is 2.96. The van der Waals surface area contributed by atoms with E-state index in [4.69, 9.17) is 4.74 Å². The maximum absolute atomic E-state index is 12.8. The molecule has 1 aromatic carbocycles. The molecule has 0 unspecified atom stereocenters. The molecule has 3 aromatic rings. The number of aromatic nitrogens is 3. The summed E-state index contributed by atoms with van der Waals surface area (Å²) in [7, 11) is 1.56. The fourth-order valence-electron chi connectivity index (χ4n) is 2.67. The molecule has 0 spiro atoms. The van der Waals surface area contributed by atoms with Crippen LogP contribution in [-0.2, 0) is 0 Å². The third-order valence-corrected chi connectivity index (χ3v) is 4.56. The lowest BCUT2D eigenvalue weighted by Crippen LogP contribution is -2.30. The van der Waals surface area contributed by atoms with Gasteiger partial charge in [-0.2, -0.15) is 11.8 Å². The molecule has 0 fully saturated rings. The van der Waals surface area contributed by atoms with Crippen LogP contribution in [0.3, 0.4) is 0 Å². The molecule has 130 valence electrons. The first-order valence-electron chi connectivity index (χ1n) is 7.97. The van der Waals surface area contributed by atoms with Gasteiger partial charge in [0.25, 0.3) is 5.91 Å². The molecule has 0 radical (unpaired) electrons. The minimum Gasteiger partial charge on any atom is -0.496 e. The minimum atomic E-state index is -0.234. The number of amides is 1. The van der Waals surface area contributed by atoms with E-state index in [0.717, 1.165) is 23.6 Å². The number of hydrogen-bond acceptors (Lipinski definition) is 5. The Bertz CT molecular complexity index is 865. The fourth-order valence-corrected chi connectivity index (χ4v) is 3.14. The van der Waals surface area contributed by atoms with Gasteiger partial charge in [0.15, 0.2) is 11.5 Å². The molecule has 6 nitrogen and oxygen atoms in total. The predicted molar refractivity (Wildman–Crippen MR) is 99.2 cm³/mol. The topological polar surface area (TPSA) is 68.5 Å². The molecule has 0 saturated heterocycles. The highest BCUT2D eigenvalue weighted by Gasteiger charge is 2.22. The molecule has 25 heavy (non-hydrogen) atoms. The average Bonchev–Trinajstić information content (AvgIpc) is 3.09. The number of rotatable bonds is 7. The number of nitrogens with zero attached hydrogens (tertiary/aromatic N) is 3. The molecule has 1 atom stereocenters. The monoisotopic (exact) mass is 356 g/mol. The molecular weight excluding hydrogens is 336 g/mol. The molecule has 2 aromatic heterocycles. The molecule has 1 N–H and O–H groups in total. The second-order valence-corrected chi connectivity index (χ2v) is 6.48. The lowest BCUT2D eigenvalue weighted by atomic mass is 10.1. The Labute approximate surface area is 150 Å². The smallest absolute Gasteiger partial charge is 0.255 e. The highest BCUT2D eigenvalue weighted by molar-refractivity contribution is 7.98. The van der Waals surface area contributed by atoms with Crippen molar-refractivity contribution in [1.29, 1.82) is 0 Å². The van der Waals surface area contributed by atoms with E-state index < -0.39 is 0 Å². The number of hydrogen-bond donors (Lipinski definition) is 1. The van der Waals surface area contributed by atoms with Gasteiger partial charge >= 0.3 is 0 Å².